The van der Waals surface area contributed by atoms with Gasteiger partial charge in [0.05, 0.1) is 6.04 Å². The van der Waals surface area contributed by atoms with Crippen molar-refractivity contribution in [1.82, 2.24) is 15.2 Å². The molecule has 134 valence electrons. The summed E-state index contributed by atoms with van der Waals surface area (Å²) >= 11 is 1.60. The standard InChI is InChI=1S/C19H24FN3OS/c1-2-17(24)22-18(19-21-9-11-25-19)15-4-3-10-23(13-15)12-14-5-7-16(20)8-6-14/h5-9,11,15,18H,2-4,10,12-13H2,1H3,(H,22,24). The molecule has 1 saturated heterocycles. The second kappa shape index (κ2) is 8.54. The van der Waals surface area contributed by atoms with Gasteiger partial charge >= 0.3 is 0 Å². The molecule has 4 nitrogen and oxygen atoms in total. The maximum absolute atomic E-state index is 13.1. The average Bonchev–Trinajstić information content (AvgIpc) is 3.16. The van der Waals surface area contributed by atoms with Crippen molar-refractivity contribution in [2.24, 2.45) is 5.92 Å². The van der Waals surface area contributed by atoms with Gasteiger partial charge in [0.15, 0.2) is 0 Å². The lowest BCUT2D eigenvalue weighted by atomic mass is 9.90. The van der Waals surface area contributed by atoms with E-state index in [1.165, 1.54) is 12.1 Å². The number of thiazole rings is 1. The van der Waals surface area contributed by atoms with Crippen LogP contribution in [0.1, 0.15) is 42.8 Å². The Balaban J connectivity index is 1.69. The second-order valence-corrected chi connectivity index (χ2v) is 7.46. The summed E-state index contributed by atoms with van der Waals surface area (Å²) in [7, 11) is 0. The number of nitrogens with zero attached hydrogens (tertiary/aromatic N) is 2. The zero-order valence-electron chi connectivity index (χ0n) is 14.5. The number of nitrogens with one attached hydrogen (secondary N) is 1. The molecule has 2 aromatic rings. The van der Waals surface area contributed by atoms with Crippen LogP contribution in [-0.4, -0.2) is 28.9 Å². The summed E-state index contributed by atoms with van der Waals surface area (Å²) in [5.74, 6) is 0.207. The predicted molar refractivity (Wildman–Crippen MR) is 97.7 cm³/mol. The van der Waals surface area contributed by atoms with Gasteiger partial charge in [0, 0.05) is 31.1 Å². The van der Waals surface area contributed by atoms with Crippen LogP contribution in [0.15, 0.2) is 35.8 Å². The molecule has 0 bridgehead atoms. The van der Waals surface area contributed by atoms with Gasteiger partial charge in [-0.1, -0.05) is 19.1 Å². The predicted octanol–water partition coefficient (Wildman–Crippen LogP) is 3.76. The van der Waals surface area contributed by atoms with E-state index in [9.17, 15) is 9.18 Å². The number of amides is 1. The molecule has 1 aliphatic heterocycles. The van der Waals surface area contributed by atoms with Crippen LogP contribution >= 0.6 is 11.3 Å². The normalized spacial score (nSPS) is 19.5. The van der Waals surface area contributed by atoms with Crippen molar-refractivity contribution in [2.45, 2.75) is 38.8 Å². The molecule has 6 heteroatoms. The SMILES string of the molecule is CCC(=O)NC(c1nccs1)C1CCCN(Cc2ccc(F)cc2)C1. The molecular formula is C19H24FN3OS. The topological polar surface area (TPSA) is 45.2 Å². The summed E-state index contributed by atoms with van der Waals surface area (Å²) in [4.78, 5) is 18.8. The average molecular weight is 361 g/mol. The molecule has 2 unspecified atom stereocenters. The van der Waals surface area contributed by atoms with Gasteiger partial charge in [-0.15, -0.1) is 11.3 Å². The Morgan fingerprint density at radius 1 is 1.44 bits per heavy atom. The van der Waals surface area contributed by atoms with E-state index in [4.69, 9.17) is 0 Å². The van der Waals surface area contributed by atoms with Crippen LogP contribution in [0.5, 0.6) is 0 Å². The first-order valence-corrected chi connectivity index (χ1v) is 9.69. The molecular weight excluding hydrogens is 337 g/mol. The summed E-state index contributed by atoms with van der Waals surface area (Å²) in [5, 5.41) is 6.10. The highest BCUT2D eigenvalue weighted by molar-refractivity contribution is 7.09. The zero-order chi connectivity index (χ0) is 17.6. The van der Waals surface area contributed by atoms with Crippen LogP contribution in [0, 0.1) is 11.7 Å². The van der Waals surface area contributed by atoms with Gasteiger partial charge in [-0.2, -0.15) is 0 Å². The van der Waals surface area contributed by atoms with E-state index in [0.717, 1.165) is 43.0 Å². The van der Waals surface area contributed by atoms with Gasteiger partial charge < -0.3 is 5.32 Å². The largest absolute Gasteiger partial charge is 0.347 e. The molecule has 3 rings (SSSR count). The molecule has 2 heterocycles. The lowest BCUT2D eigenvalue weighted by molar-refractivity contribution is -0.122. The highest BCUT2D eigenvalue weighted by atomic mass is 32.1. The number of piperidine rings is 1. The van der Waals surface area contributed by atoms with E-state index in [1.807, 2.05) is 24.4 Å². The maximum Gasteiger partial charge on any atom is 0.220 e. The third-order valence-corrected chi connectivity index (χ3v) is 5.55. The zero-order valence-corrected chi connectivity index (χ0v) is 15.3. The third kappa shape index (κ3) is 4.86. The molecule has 1 aromatic heterocycles. The van der Waals surface area contributed by atoms with E-state index in [0.29, 0.717) is 12.3 Å². The molecule has 25 heavy (non-hydrogen) atoms. The van der Waals surface area contributed by atoms with Crippen LogP contribution in [0.4, 0.5) is 4.39 Å². The number of benzene rings is 1. The van der Waals surface area contributed by atoms with E-state index < -0.39 is 0 Å². The maximum atomic E-state index is 13.1. The van der Waals surface area contributed by atoms with Gasteiger partial charge in [0.1, 0.15) is 10.8 Å². The highest BCUT2D eigenvalue weighted by Gasteiger charge is 2.30. The molecule has 1 fully saturated rings. The Labute approximate surface area is 152 Å². The smallest absolute Gasteiger partial charge is 0.220 e. The summed E-state index contributed by atoms with van der Waals surface area (Å²) in [6.45, 7) is 4.62. The molecule has 1 aliphatic rings. The summed E-state index contributed by atoms with van der Waals surface area (Å²) in [6, 6.07) is 6.68. The second-order valence-electron chi connectivity index (χ2n) is 6.53. The minimum Gasteiger partial charge on any atom is -0.347 e. The summed E-state index contributed by atoms with van der Waals surface area (Å²) in [5.41, 5.74) is 1.12. The Kier molecular flexibility index (Phi) is 6.15. The third-order valence-electron chi connectivity index (χ3n) is 4.69. The van der Waals surface area contributed by atoms with Crippen molar-refractivity contribution >= 4 is 17.2 Å². The molecule has 0 radical (unpaired) electrons. The molecule has 0 spiro atoms. The number of carbonyl (C=O) groups excluding carboxylic acids is 1. The van der Waals surface area contributed by atoms with Crippen LogP contribution in [-0.2, 0) is 11.3 Å². The van der Waals surface area contributed by atoms with Gasteiger partial charge in [-0.25, -0.2) is 9.37 Å². The summed E-state index contributed by atoms with van der Waals surface area (Å²) in [6.07, 6.45) is 4.45. The van der Waals surface area contributed by atoms with E-state index >= 15 is 0 Å². The quantitative estimate of drug-likeness (QED) is 0.852. The lowest BCUT2D eigenvalue weighted by Gasteiger charge is -2.36. The van der Waals surface area contributed by atoms with Crippen molar-refractivity contribution in [3.05, 3.63) is 52.2 Å². The van der Waals surface area contributed by atoms with Crippen molar-refractivity contribution in [1.29, 1.82) is 0 Å². The lowest BCUT2D eigenvalue weighted by Crippen LogP contribution is -2.42. The van der Waals surface area contributed by atoms with Crippen molar-refractivity contribution in [2.75, 3.05) is 13.1 Å². The van der Waals surface area contributed by atoms with Gasteiger partial charge in [0.25, 0.3) is 0 Å². The minimum atomic E-state index is -0.202. The molecule has 2 atom stereocenters. The Morgan fingerprint density at radius 3 is 2.92 bits per heavy atom. The fourth-order valence-corrected chi connectivity index (χ4v) is 4.18. The van der Waals surface area contributed by atoms with E-state index in [2.05, 4.69) is 15.2 Å². The van der Waals surface area contributed by atoms with E-state index in [1.54, 1.807) is 17.5 Å². The first kappa shape index (κ1) is 18.0. The number of carbonyl (C=O) groups is 1. The van der Waals surface area contributed by atoms with Gasteiger partial charge in [-0.05, 0) is 43.0 Å². The van der Waals surface area contributed by atoms with Crippen LogP contribution in [0.25, 0.3) is 0 Å². The van der Waals surface area contributed by atoms with Crippen LogP contribution < -0.4 is 5.32 Å². The number of hydrogen-bond acceptors (Lipinski definition) is 4. The van der Waals surface area contributed by atoms with Crippen molar-refractivity contribution in [3.8, 4) is 0 Å². The molecule has 1 aromatic carbocycles. The Morgan fingerprint density at radius 2 is 2.24 bits per heavy atom. The van der Waals surface area contributed by atoms with Gasteiger partial charge in [-0.3, -0.25) is 9.69 Å². The first-order valence-electron chi connectivity index (χ1n) is 8.81. The highest BCUT2D eigenvalue weighted by Crippen LogP contribution is 2.31. The molecule has 0 saturated carbocycles. The molecule has 0 aliphatic carbocycles. The number of halogens is 1. The Bertz CT molecular complexity index is 674. The summed E-state index contributed by atoms with van der Waals surface area (Å²) < 4.78 is 13.1. The van der Waals surface area contributed by atoms with Crippen LogP contribution in [0.3, 0.4) is 0 Å². The number of hydrogen-bond donors (Lipinski definition) is 1. The first-order chi connectivity index (χ1) is 12.2. The fraction of sp³-hybridized carbons (Fsp3) is 0.474. The van der Waals surface area contributed by atoms with E-state index in [-0.39, 0.29) is 17.8 Å². The van der Waals surface area contributed by atoms with Crippen molar-refractivity contribution in [3.63, 3.8) is 0 Å². The number of aromatic nitrogens is 1. The minimum absolute atomic E-state index is 0.0246. The fourth-order valence-electron chi connectivity index (χ4n) is 3.40. The number of likely N-dealkylation sites (tertiary alicyclic amines) is 1. The molecule has 1 amide bonds. The van der Waals surface area contributed by atoms with Crippen LogP contribution in [0.2, 0.25) is 0 Å². The van der Waals surface area contributed by atoms with Crippen molar-refractivity contribution < 1.29 is 9.18 Å². The molecule has 1 N–H and O–H groups in total. The number of rotatable bonds is 6. The Hall–Kier alpha value is -1.79. The van der Waals surface area contributed by atoms with Gasteiger partial charge in [0.2, 0.25) is 5.91 Å². The monoisotopic (exact) mass is 361 g/mol.